The van der Waals surface area contributed by atoms with Crippen LogP contribution in [0.1, 0.15) is 18.4 Å². The number of halogens is 2. The van der Waals surface area contributed by atoms with Crippen molar-refractivity contribution in [2.45, 2.75) is 32.5 Å². The fourth-order valence-corrected chi connectivity index (χ4v) is 4.07. The van der Waals surface area contributed by atoms with Crippen molar-refractivity contribution in [3.05, 3.63) is 41.0 Å². The van der Waals surface area contributed by atoms with Gasteiger partial charge in [-0.3, -0.25) is 4.90 Å². The Labute approximate surface area is 162 Å². The second-order valence-corrected chi connectivity index (χ2v) is 7.61. The van der Waals surface area contributed by atoms with Gasteiger partial charge in [0.25, 0.3) is 0 Å². The van der Waals surface area contributed by atoms with Crippen LogP contribution in [0.4, 0.5) is 4.39 Å². The largest absolute Gasteiger partial charge is 0.507 e. The van der Waals surface area contributed by atoms with Crippen LogP contribution in [0.5, 0.6) is 5.75 Å². The number of phenolic OH excluding ortho intramolecular Hbond substituents is 1. The van der Waals surface area contributed by atoms with E-state index in [-0.39, 0.29) is 5.75 Å². The van der Waals surface area contributed by atoms with Crippen LogP contribution in [0.2, 0.25) is 5.02 Å². The fourth-order valence-electron chi connectivity index (χ4n) is 3.80. The summed E-state index contributed by atoms with van der Waals surface area (Å²) in [6.07, 6.45) is 2.86. The molecule has 1 saturated heterocycles. The van der Waals surface area contributed by atoms with E-state index in [0.717, 1.165) is 42.7 Å². The molecule has 3 heterocycles. The summed E-state index contributed by atoms with van der Waals surface area (Å²) in [6.45, 7) is 4.89. The van der Waals surface area contributed by atoms with Crippen LogP contribution in [0.25, 0.3) is 22.3 Å². The Balaban J connectivity index is 1.57. The molecular weight excluding hydrogens is 367 g/mol. The molecule has 0 spiro atoms. The molecule has 1 unspecified atom stereocenters. The van der Waals surface area contributed by atoms with E-state index in [2.05, 4.69) is 15.1 Å². The quantitative estimate of drug-likeness (QED) is 0.727. The predicted octanol–water partition coefficient (Wildman–Crippen LogP) is 4.20. The van der Waals surface area contributed by atoms with E-state index in [1.807, 2.05) is 29.8 Å². The predicted molar refractivity (Wildman–Crippen MR) is 105 cm³/mol. The number of aryl methyl sites for hydroxylation is 1. The van der Waals surface area contributed by atoms with Crippen LogP contribution in [0.3, 0.4) is 0 Å². The molecule has 0 bridgehead atoms. The molecule has 0 aliphatic carbocycles. The third-order valence-corrected chi connectivity index (χ3v) is 5.37. The number of alkyl halides is 1. The Kier molecular flexibility index (Phi) is 5.02. The summed E-state index contributed by atoms with van der Waals surface area (Å²) in [5.41, 5.74) is 2.89. The first-order chi connectivity index (χ1) is 13.0. The molecule has 4 rings (SSSR count). The molecule has 1 aliphatic rings. The molecule has 1 N–H and O–H groups in total. The third-order valence-electron chi connectivity index (χ3n) is 5.15. The molecule has 0 radical (unpaired) electrons. The lowest BCUT2D eigenvalue weighted by Gasteiger charge is -2.28. The van der Waals surface area contributed by atoms with Gasteiger partial charge in [0.15, 0.2) is 5.65 Å². The molecule has 0 saturated carbocycles. The van der Waals surface area contributed by atoms with Gasteiger partial charge >= 0.3 is 0 Å². The maximum absolute atomic E-state index is 13.5. The lowest BCUT2D eigenvalue weighted by molar-refractivity contribution is 0.135. The lowest BCUT2D eigenvalue weighted by Crippen LogP contribution is -2.38. The Hall–Kier alpha value is -2.18. The normalized spacial score (nSPS) is 18.3. The zero-order valence-corrected chi connectivity index (χ0v) is 16.0. The van der Waals surface area contributed by atoms with Gasteiger partial charge in [0, 0.05) is 41.8 Å². The summed E-state index contributed by atoms with van der Waals surface area (Å²) in [6, 6.07) is 7.22. The number of piperidine rings is 1. The number of aromatic nitrogens is 3. The zero-order valence-electron chi connectivity index (χ0n) is 15.2. The maximum Gasteiger partial charge on any atom is 0.162 e. The van der Waals surface area contributed by atoms with E-state index < -0.39 is 6.17 Å². The second-order valence-electron chi connectivity index (χ2n) is 7.17. The SMILES string of the molecule is Cc1cc(Cl)cc(O)c1-c1cc2ccn(CCN3CCCC(F)C3)c2nn1. The summed E-state index contributed by atoms with van der Waals surface area (Å²) in [7, 11) is 0. The molecule has 7 heteroatoms. The number of phenols is 1. The smallest absolute Gasteiger partial charge is 0.162 e. The number of aromatic hydroxyl groups is 1. The number of nitrogens with zero attached hydrogens (tertiary/aromatic N) is 4. The van der Waals surface area contributed by atoms with Gasteiger partial charge < -0.3 is 9.67 Å². The Bertz CT molecular complexity index is 951. The van der Waals surface area contributed by atoms with Crippen LogP contribution in [0, 0.1) is 6.92 Å². The third kappa shape index (κ3) is 3.77. The van der Waals surface area contributed by atoms with Crippen molar-refractivity contribution in [2.24, 2.45) is 0 Å². The molecule has 5 nitrogen and oxygen atoms in total. The van der Waals surface area contributed by atoms with E-state index in [0.29, 0.717) is 29.2 Å². The molecule has 142 valence electrons. The molecular formula is C20H22ClFN4O. The van der Waals surface area contributed by atoms with Crippen molar-refractivity contribution in [1.29, 1.82) is 0 Å². The molecule has 0 amide bonds. The average Bonchev–Trinajstić information content (AvgIpc) is 3.01. The van der Waals surface area contributed by atoms with Crippen molar-refractivity contribution < 1.29 is 9.50 Å². The topological polar surface area (TPSA) is 54.2 Å². The van der Waals surface area contributed by atoms with Gasteiger partial charge in [-0.05, 0) is 56.1 Å². The van der Waals surface area contributed by atoms with Crippen molar-refractivity contribution in [2.75, 3.05) is 19.6 Å². The average molecular weight is 389 g/mol. The minimum Gasteiger partial charge on any atom is -0.507 e. The Morgan fingerprint density at radius 3 is 2.89 bits per heavy atom. The number of rotatable bonds is 4. The van der Waals surface area contributed by atoms with Crippen LogP contribution in [-0.2, 0) is 6.54 Å². The van der Waals surface area contributed by atoms with Crippen LogP contribution < -0.4 is 0 Å². The first-order valence-corrected chi connectivity index (χ1v) is 9.57. The highest BCUT2D eigenvalue weighted by molar-refractivity contribution is 6.31. The van der Waals surface area contributed by atoms with E-state index in [1.165, 1.54) is 6.07 Å². The van der Waals surface area contributed by atoms with Gasteiger partial charge in [-0.2, -0.15) is 0 Å². The fraction of sp³-hybridized carbons (Fsp3) is 0.400. The van der Waals surface area contributed by atoms with Crippen molar-refractivity contribution in [1.82, 2.24) is 19.7 Å². The summed E-state index contributed by atoms with van der Waals surface area (Å²) < 4.78 is 15.6. The first-order valence-electron chi connectivity index (χ1n) is 9.20. The zero-order chi connectivity index (χ0) is 19.0. The molecule has 3 aromatic rings. The number of hydrogen-bond donors (Lipinski definition) is 1. The van der Waals surface area contributed by atoms with Gasteiger partial charge in [-0.15, -0.1) is 10.2 Å². The van der Waals surface area contributed by atoms with Gasteiger partial charge in [-0.1, -0.05) is 11.6 Å². The molecule has 1 aliphatic heterocycles. The maximum atomic E-state index is 13.5. The monoisotopic (exact) mass is 388 g/mol. The highest BCUT2D eigenvalue weighted by atomic mass is 35.5. The molecule has 27 heavy (non-hydrogen) atoms. The van der Waals surface area contributed by atoms with E-state index in [4.69, 9.17) is 11.6 Å². The van der Waals surface area contributed by atoms with Gasteiger partial charge in [-0.25, -0.2) is 4.39 Å². The molecule has 1 aromatic carbocycles. The molecule has 2 aromatic heterocycles. The number of hydrogen-bond acceptors (Lipinski definition) is 4. The van der Waals surface area contributed by atoms with E-state index >= 15 is 0 Å². The van der Waals surface area contributed by atoms with Crippen LogP contribution in [-0.4, -0.2) is 50.6 Å². The summed E-state index contributed by atoms with van der Waals surface area (Å²) in [5.74, 6) is 0.0963. The molecule has 1 fully saturated rings. The summed E-state index contributed by atoms with van der Waals surface area (Å²) in [4.78, 5) is 2.16. The highest BCUT2D eigenvalue weighted by Crippen LogP contribution is 2.34. The van der Waals surface area contributed by atoms with Crippen molar-refractivity contribution in [3.63, 3.8) is 0 Å². The standard InChI is InChI=1S/C20H22ClFN4O/c1-13-9-15(21)11-18(27)19(13)17-10-14-4-6-26(20(14)24-23-17)8-7-25-5-2-3-16(22)12-25/h4,6,9-11,16,27H,2-3,5,7-8,12H2,1H3. The van der Waals surface area contributed by atoms with Crippen LogP contribution in [0.15, 0.2) is 30.5 Å². The Morgan fingerprint density at radius 1 is 1.26 bits per heavy atom. The summed E-state index contributed by atoms with van der Waals surface area (Å²) >= 11 is 5.99. The number of likely N-dealkylation sites (tertiary alicyclic amines) is 1. The van der Waals surface area contributed by atoms with Gasteiger partial charge in [0.05, 0.1) is 5.69 Å². The number of fused-ring (bicyclic) bond motifs is 1. The van der Waals surface area contributed by atoms with Gasteiger partial charge in [0.2, 0.25) is 0 Å². The van der Waals surface area contributed by atoms with Gasteiger partial charge in [0.1, 0.15) is 11.9 Å². The summed E-state index contributed by atoms with van der Waals surface area (Å²) in [5, 5.41) is 20.4. The second kappa shape index (κ2) is 7.44. The Morgan fingerprint density at radius 2 is 2.11 bits per heavy atom. The van der Waals surface area contributed by atoms with Crippen molar-refractivity contribution in [3.8, 4) is 17.0 Å². The van der Waals surface area contributed by atoms with E-state index in [9.17, 15) is 9.50 Å². The highest BCUT2D eigenvalue weighted by Gasteiger charge is 2.19. The van der Waals surface area contributed by atoms with Crippen LogP contribution >= 0.6 is 11.6 Å². The van der Waals surface area contributed by atoms with E-state index in [1.54, 1.807) is 6.07 Å². The number of benzene rings is 1. The minimum absolute atomic E-state index is 0.0963. The molecule has 1 atom stereocenters. The lowest BCUT2D eigenvalue weighted by atomic mass is 10.0. The van der Waals surface area contributed by atoms with Crippen molar-refractivity contribution >= 4 is 22.6 Å². The minimum atomic E-state index is -0.710. The first kappa shape index (κ1) is 18.2.